The Hall–Kier alpha value is -2.75. The maximum absolute atomic E-state index is 12.6. The van der Waals surface area contributed by atoms with Gasteiger partial charge in [-0.15, -0.1) is 0 Å². The largest absolute Gasteiger partial charge is 0.354 e. The normalized spacial score (nSPS) is 25.8. The molecule has 4 N–H and O–H groups in total. The van der Waals surface area contributed by atoms with Crippen molar-refractivity contribution in [3.8, 4) is 5.69 Å². The molecule has 3 fully saturated rings. The van der Waals surface area contributed by atoms with Crippen LogP contribution in [0.5, 0.6) is 0 Å². The van der Waals surface area contributed by atoms with Crippen molar-refractivity contribution in [3.05, 3.63) is 52.6 Å². The summed E-state index contributed by atoms with van der Waals surface area (Å²) in [6.45, 7) is 7.39. The van der Waals surface area contributed by atoms with Gasteiger partial charge in [-0.3, -0.25) is 14.8 Å². The van der Waals surface area contributed by atoms with E-state index in [1.54, 1.807) is 17.2 Å². The van der Waals surface area contributed by atoms with Crippen LogP contribution >= 0.6 is 0 Å². The molecule has 1 saturated carbocycles. The summed E-state index contributed by atoms with van der Waals surface area (Å²) in [5.74, 6) is 1.70. The average Bonchev–Trinajstić information content (AvgIpc) is 3.42. The van der Waals surface area contributed by atoms with Crippen LogP contribution in [0.15, 0.2) is 41.3 Å². The van der Waals surface area contributed by atoms with E-state index in [0.717, 1.165) is 44.2 Å². The number of nitrogens with two attached hydrogens (primary N) is 1. The van der Waals surface area contributed by atoms with E-state index in [1.807, 2.05) is 12.1 Å². The number of benzene rings is 1. The zero-order valence-corrected chi connectivity index (χ0v) is 19.8. The second kappa shape index (κ2) is 9.85. The number of likely N-dealkylation sites (tertiary alicyclic amines) is 1. The molecule has 34 heavy (non-hydrogen) atoms. The molecule has 1 aliphatic carbocycles. The van der Waals surface area contributed by atoms with E-state index in [4.69, 9.17) is 5.73 Å². The van der Waals surface area contributed by atoms with Crippen LogP contribution in [0, 0.1) is 11.8 Å². The summed E-state index contributed by atoms with van der Waals surface area (Å²) in [6.07, 6.45) is 5.08. The molecule has 1 aromatic heterocycles. The van der Waals surface area contributed by atoms with Gasteiger partial charge in [-0.05, 0) is 61.8 Å². The summed E-state index contributed by atoms with van der Waals surface area (Å²) < 4.78 is 1.50. The minimum atomic E-state index is -0.417. The van der Waals surface area contributed by atoms with Crippen molar-refractivity contribution in [2.45, 2.75) is 38.3 Å². The van der Waals surface area contributed by atoms with Crippen molar-refractivity contribution >= 4 is 11.8 Å². The minimum absolute atomic E-state index is 0.228. The predicted octanol–water partition coefficient (Wildman–Crippen LogP) is 1.27. The monoisotopic (exact) mass is 465 g/mol. The Morgan fingerprint density at radius 3 is 2.65 bits per heavy atom. The van der Waals surface area contributed by atoms with Gasteiger partial charge in [-0.1, -0.05) is 12.1 Å². The van der Waals surface area contributed by atoms with E-state index in [-0.39, 0.29) is 11.8 Å². The lowest BCUT2D eigenvalue weighted by atomic mass is 9.98. The first-order valence-corrected chi connectivity index (χ1v) is 12.4. The Balaban J connectivity index is 1.19. The molecule has 1 aromatic carbocycles. The Morgan fingerprint density at radius 1 is 1.18 bits per heavy atom. The number of rotatable bonds is 5. The van der Waals surface area contributed by atoms with Gasteiger partial charge in [0.05, 0.1) is 5.69 Å². The molecule has 9 heteroatoms. The zero-order valence-electron chi connectivity index (χ0n) is 19.8. The van der Waals surface area contributed by atoms with E-state index >= 15 is 0 Å². The predicted molar refractivity (Wildman–Crippen MR) is 132 cm³/mol. The number of nitrogens with zero attached hydrogens (tertiary/aromatic N) is 4. The van der Waals surface area contributed by atoms with Crippen LogP contribution in [-0.2, 0) is 6.42 Å². The van der Waals surface area contributed by atoms with Crippen molar-refractivity contribution in [1.29, 1.82) is 0 Å². The maximum atomic E-state index is 12.6. The summed E-state index contributed by atoms with van der Waals surface area (Å²) in [5.41, 5.74) is 7.89. The second-order valence-corrected chi connectivity index (χ2v) is 9.97. The topological polar surface area (TPSA) is 109 Å². The fourth-order valence-electron chi connectivity index (χ4n) is 5.69. The fraction of sp³-hybridized carbons (Fsp3) is 0.560. The van der Waals surface area contributed by atoms with E-state index in [2.05, 4.69) is 39.6 Å². The number of fused-ring (bicyclic) bond motifs is 1. The SMILES string of the molecule is CC(Cc1ccc(-n2ccc(NC(=O)N3CCNCC3)nc2=O)cc1)N1CC2CCC(N)C2C1. The molecular formula is C25H35N7O2. The van der Waals surface area contributed by atoms with Crippen LogP contribution in [0.2, 0.25) is 0 Å². The van der Waals surface area contributed by atoms with E-state index < -0.39 is 5.69 Å². The van der Waals surface area contributed by atoms with Crippen molar-refractivity contribution in [1.82, 2.24) is 24.7 Å². The summed E-state index contributed by atoms with van der Waals surface area (Å²) in [7, 11) is 0. The Kier molecular flexibility index (Phi) is 6.67. The maximum Gasteiger partial charge on any atom is 0.354 e. The van der Waals surface area contributed by atoms with Gasteiger partial charge in [-0.2, -0.15) is 4.98 Å². The molecule has 5 rings (SSSR count). The molecule has 2 amide bonds. The first-order chi connectivity index (χ1) is 16.5. The van der Waals surface area contributed by atoms with Gasteiger partial charge in [0.15, 0.2) is 0 Å². The number of amides is 2. The van der Waals surface area contributed by atoms with Crippen LogP contribution in [0.25, 0.3) is 5.69 Å². The molecule has 3 aliphatic rings. The Bertz CT molecular complexity index is 1060. The molecule has 0 spiro atoms. The first kappa shape index (κ1) is 23.0. The lowest BCUT2D eigenvalue weighted by Gasteiger charge is -2.27. The third kappa shape index (κ3) is 4.87. The number of hydrogen-bond acceptors (Lipinski definition) is 6. The molecular weight excluding hydrogens is 430 g/mol. The number of carbonyl (C=O) groups is 1. The number of hydrogen-bond donors (Lipinski definition) is 3. The van der Waals surface area contributed by atoms with E-state index in [0.29, 0.717) is 31.1 Å². The number of aromatic nitrogens is 2. The molecule has 3 heterocycles. The quantitative estimate of drug-likeness (QED) is 0.614. The molecule has 0 radical (unpaired) electrons. The second-order valence-electron chi connectivity index (χ2n) is 9.97. The van der Waals surface area contributed by atoms with Gasteiger partial charge in [0, 0.05) is 57.5 Å². The highest BCUT2D eigenvalue weighted by atomic mass is 16.2. The summed E-state index contributed by atoms with van der Waals surface area (Å²) in [4.78, 5) is 33.3. The highest BCUT2D eigenvalue weighted by molar-refractivity contribution is 5.88. The molecule has 2 aromatic rings. The van der Waals surface area contributed by atoms with Crippen LogP contribution in [-0.4, -0.2) is 76.7 Å². The molecule has 0 bridgehead atoms. The summed E-state index contributed by atoms with van der Waals surface area (Å²) in [5, 5.41) is 5.94. The lowest BCUT2D eigenvalue weighted by Crippen LogP contribution is -2.48. The van der Waals surface area contributed by atoms with Crippen LogP contribution in [0.4, 0.5) is 10.6 Å². The number of nitrogens with one attached hydrogen (secondary N) is 2. The van der Waals surface area contributed by atoms with Gasteiger partial charge in [0.25, 0.3) is 0 Å². The van der Waals surface area contributed by atoms with Crippen LogP contribution in [0.1, 0.15) is 25.3 Å². The summed E-state index contributed by atoms with van der Waals surface area (Å²) in [6, 6.07) is 10.3. The van der Waals surface area contributed by atoms with Gasteiger partial charge in [0.2, 0.25) is 0 Å². The van der Waals surface area contributed by atoms with Crippen molar-refractivity contribution < 1.29 is 4.79 Å². The molecule has 2 saturated heterocycles. The number of urea groups is 1. The average molecular weight is 466 g/mol. The standard InChI is InChI=1S/C25H35N7O2/c1-17(31-15-19-4-7-22(26)21(19)16-31)14-18-2-5-20(6-3-18)32-11-8-23(29-25(32)34)28-24(33)30-12-9-27-10-13-30/h2-3,5-6,8,11,17,19,21-22,27H,4,7,9-10,12-16,26H2,1H3,(H,28,29,33,34). The molecule has 2 aliphatic heterocycles. The number of anilines is 1. The van der Waals surface area contributed by atoms with Crippen molar-refractivity contribution in [2.75, 3.05) is 44.6 Å². The highest BCUT2D eigenvalue weighted by Crippen LogP contribution is 2.38. The first-order valence-electron chi connectivity index (χ1n) is 12.4. The van der Waals surface area contributed by atoms with Gasteiger partial charge >= 0.3 is 11.7 Å². The van der Waals surface area contributed by atoms with E-state index in [9.17, 15) is 9.59 Å². The molecule has 4 unspecified atom stereocenters. The molecule has 182 valence electrons. The zero-order chi connectivity index (χ0) is 23.7. The Morgan fingerprint density at radius 2 is 1.94 bits per heavy atom. The third-order valence-electron chi connectivity index (χ3n) is 7.75. The highest BCUT2D eigenvalue weighted by Gasteiger charge is 2.41. The van der Waals surface area contributed by atoms with E-state index in [1.165, 1.54) is 23.0 Å². The van der Waals surface area contributed by atoms with Crippen LogP contribution in [0.3, 0.4) is 0 Å². The van der Waals surface area contributed by atoms with Gasteiger partial charge in [0.1, 0.15) is 5.82 Å². The Labute approximate surface area is 200 Å². The van der Waals surface area contributed by atoms with Gasteiger partial charge in [-0.25, -0.2) is 9.59 Å². The molecule has 9 nitrogen and oxygen atoms in total. The number of carbonyl (C=O) groups excluding carboxylic acids is 1. The number of piperazine rings is 1. The summed E-state index contributed by atoms with van der Waals surface area (Å²) >= 11 is 0. The third-order valence-corrected chi connectivity index (χ3v) is 7.75. The van der Waals surface area contributed by atoms with Crippen LogP contribution < -0.4 is 22.1 Å². The fourth-order valence-corrected chi connectivity index (χ4v) is 5.69. The van der Waals surface area contributed by atoms with Crippen molar-refractivity contribution in [2.24, 2.45) is 17.6 Å². The lowest BCUT2D eigenvalue weighted by molar-refractivity contribution is 0.204. The molecule has 4 atom stereocenters. The smallest absolute Gasteiger partial charge is 0.327 e. The minimum Gasteiger partial charge on any atom is -0.327 e. The van der Waals surface area contributed by atoms with Gasteiger partial charge < -0.3 is 16.0 Å². The van der Waals surface area contributed by atoms with Crippen molar-refractivity contribution in [3.63, 3.8) is 0 Å².